The van der Waals surface area contributed by atoms with Crippen LogP contribution in [0.25, 0.3) is 0 Å². The Morgan fingerprint density at radius 3 is 1.79 bits per heavy atom. The standard InChI is InChI=1S/C12H10F6O/c13-11(14,15)8-3-1-7(2-4-8)10(19)5-9(6-10)12(16,17)18/h1-4,9,19H,5-6H2. The molecular weight excluding hydrogens is 274 g/mol. The van der Waals surface area contributed by atoms with Crippen LogP contribution in [-0.2, 0) is 11.8 Å². The molecule has 1 aromatic rings. The van der Waals surface area contributed by atoms with E-state index >= 15 is 0 Å². The molecule has 1 saturated carbocycles. The Morgan fingerprint density at radius 1 is 0.947 bits per heavy atom. The zero-order chi connectivity index (χ0) is 14.5. The van der Waals surface area contributed by atoms with E-state index in [0.717, 1.165) is 24.3 Å². The highest BCUT2D eigenvalue weighted by molar-refractivity contribution is 5.30. The van der Waals surface area contributed by atoms with E-state index in [1.54, 1.807) is 0 Å². The summed E-state index contributed by atoms with van der Waals surface area (Å²) in [5.41, 5.74) is -2.49. The minimum Gasteiger partial charge on any atom is -0.385 e. The molecule has 0 radical (unpaired) electrons. The second-order valence-electron chi connectivity index (χ2n) is 4.75. The van der Waals surface area contributed by atoms with Gasteiger partial charge in [0.05, 0.1) is 17.1 Å². The van der Waals surface area contributed by atoms with Crippen LogP contribution in [0, 0.1) is 5.92 Å². The van der Waals surface area contributed by atoms with Gasteiger partial charge in [-0.1, -0.05) is 12.1 Å². The smallest absolute Gasteiger partial charge is 0.385 e. The molecule has 1 aromatic carbocycles. The van der Waals surface area contributed by atoms with Crippen molar-refractivity contribution in [3.05, 3.63) is 35.4 Å². The maximum Gasteiger partial charge on any atom is 0.416 e. The van der Waals surface area contributed by atoms with Crippen LogP contribution >= 0.6 is 0 Å². The summed E-state index contributed by atoms with van der Waals surface area (Å²) in [6, 6.07) is 3.56. The fraction of sp³-hybridized carbons (Fsp3) is 0.500. The third-order valence-electron chi connectivity index (χ3n) is 3.38. The Bertz CT molecular complexity index is 453. The summed E-state index contributed by atoms with van der Waals surface area (Å²) in [5, 5.41) is 9.93. The van der Waals surface area contributed by atoms with Crippen LogP contribution in [0.5, 0.6) is 0 Å². The van der Waals surface area contributed by atoms with Gasteiger partial charge in [-0.2, -0.15) is 26.3 Å². The first-order chi connectivity index (χ1) is 8.52. The molecule has 7 heteroatoms. The molecule has 0 unspecified atom stereocenters. The normalized spacial score (nSPS) is 28.1. The Labute approximate surface area is 104 Å². The van der Waals surface area contributed by atoms with Crippen molar-refractivity contribution < 1.29 is 31.4 Å². The van der Waals surface area contributed by atoms with Crippen LogP contribution in [-0.4, -0.2) is 11.3 Å². The van der Waals surface area contributed by atoms with Crippen LogP contribution in [0.15, 0.2) is 24.3 Å². The summed E-state index contributed by atoms with van der Waals surface area (Å²) >= 11 is 0. The van der Waals surface area contributed by atoms with Crippen molar-refractivity contribution in [3.8, 4) is 0 Å². The Kier molecular flexibility index (Phi) is 3.08. The first-order valence-corrected chi connectivity index (χ1v) is 5.49. The quantitative estimate of drug-likeness (QED) is 0.776. The largest absolute Gasteiger partial charge is 0.416 e. The van der Waals surface area contributed by atoms with E-state index < -0.39 is 42.3 Å². The molecule has 1 aliphatic rings. The van der Waals surface area contributed by atoms with Gasteiger partial charge in [0.15, 0.2) is 0 Å². The Hall–Kier alpha value is -1.24. The van der Waals surface area contributed by atoms with Crippen LogP contribution in [0.1, 0.15) is 24.0 Å². The second-order valence-corrected chi connectivity index (χ2v) is 4.75. The van der Waals surface area contributed by atoms with Gasteiger partial charge in [0.25, 0.3) is 0 Å². The number of aliphatic hydroxyl groups is 1. The van der Waals surface area contributed by atoms with Crippen LogP contribution in [0.4, 0.5) is 26.3 Å². The molecule has 0 saturated heterocycles. The molecule has 1 aliphatic carbocycles. The van der Waals surface area contributed by atoms with Gasteiger partial charge < -0.3 is 5.11 Å². The first-order valence-electron chi connectivity index (χ1n) is 5.49. The summed E-state index contributed by atoms with van der Waals surface area (Å²) in [5.74, 6) is -1.60. The molecule has 0 spiro atoms. The van der Waals surface area contributed by atoms with Gasteiger partial charge in [0.1, 0.15) is 0 Å². The highest BCUT2D eigenvalue weighted by atomic mass is 19.4. The SMILES string of the molecule is OC1(c2ccc(C(F)(F)F)cc2)CC(C(F)(F)F)C1. The number of benzene rings is 1. The zero-order valence-corrected chi connectivity index (χ0v) is 9.52. The van der Waals surface area contributed by atoms with E-state index in [0.29, 0.717) is 0 Å². The van der Waals surface area contributed by atoms with Gasteiger partial charge in [-0.3, -0.25) is 0 Å². The summed E-state index contributed by atoms with van der Waals surface area (Å²) in [4.78, 5) is 0. The highest BCUT2D eigenvalue weighted by Gasteiger charge is 2.55. The molecule has 1 nitrogen and oxygen atoms in total. The van der Waals surface area contributed by atoms with Crippen molar-refractivity contribution in [1.29, 1.82) is 0 Å². The van der Waals surface area contributed by atoms with Gasteiger partial charge in [0, 0.05) is 0 Å². The number of rotatable bonds is 1. The molecule has 0 amide bonds. The third-order valence-corrected chi connectivity index (χ3v) is 3.38. The molecule has 106 valence electrons. The molecule has 0 aliphatic heterocycles. The predicted molar refractivity (Wildman–Crippen MR) is 54.1 cm³/mol. The van der Waals surface area contributed by atoms with Gasteiger partial charge in [0.2, 0.25) is 0 Å². The van der Waals surface area contributed by atoms with Crippen molar-refractivity contribution in [1.82, 2.24) is 0 Å². The predicted octanol–water partition coefficient (Wildman–Crippen LogP) is 3.87. The Balaban J connectivity index is 2.12. The first kappa shape index (κ1) is 14.2. The second kappa shape index (κ2) is 4.13. The lowest BCUT2D eigenvalue weighted by molar-refractivity contribution is -0.242. The van der Waals surface area contributed by atoms with E-state index in [-0.39, 0.29) is 5.56 Å². The lowest BCUT2D eigenvalue weighted by atomic mass is 9.67. The minimum atomic E-state index is -4.50. The van der Waals surface area contributed by atoms with Crippen molar-refractivity contribution >= 4 is 0 Å². The average molecular weight is 284 g/mol. The van der Waals surface area contributed by atoms with Gasteiger partial charge in [-0.05, 0) is 30.5 Å². The molecule has 1 N–H and O–H groups in total. The van der Waals surface area contributed by atoms with Crippen molar-refractivity contribution in [2.75, 3.05) is 0 Å². The summed E-state index contributed by atoms with van der Waals surface area (Å²) in [6.07, 6.45) is -9.91. The number of halogens is 6. The average Bonchev–Trinajstić information content (AvgIpc) is 2.22. The minimum absolute atomic E-state index is 0.0843. The van der Waals surface area contributed by atoms with Gasteiger partial charge >= 0.3 is 12.4 Å². The maximum absolute atomic E-state index is 12.3. The fourth-order valence-corrected chi connectivity index (χ4v) is 2.19. The lowest BCUT2D eigenvalue weighted by Crippen LogP contribution is -2.47. The van der Waals surface area contributed by atoms with E-state index in [1.165, 1.54) is 0 Å². The summed E-state index contributed by atoms with van der Waals surface area (Å²) in [6.45, 7) is 0. The maximum atomic E-state index is 12.3. The van der Waals surface area contributed by atoms with Crippen LogP contribution in [0.2, 0.25) is 0 Å². The fourth-order valence-electron chi connectivity index (χ4n) is 2.19. The van der Waals surface area contributed by atoms with Gasteiger partial charge in [-0.15, -0.1) is 0 Å². The topological polar surface area (TPSA) is 20.2 Å². The Morgan fingerprint density at radius 2 is 1.42 bits per heavy atom. The van der Waals surface area contributed by atoms with Crippen molar-refractivity contribution in [2.45, 2.75) is 30.8 Å². The van der Waals surface area contributed by atoms with Crippen LogP contribution < -0.4 is 0 Å². The zero-order valence-electron chi connectivity index (χ0n) is 9.52. The van der Waals surface area contributed by atoms with Gasteiger partial charge in [-0.25, -0.2) is 0 Å². The molecule has 1 fully saturated rings. The molecule has 0 atom stereocenters. The van der Waals surface area contributed by atoms with E-state index in [9.17, 15) is 31.4 Å². The monoisotopic (exact) mass is 284 g/mol. The van der Waals surface area contributed by atoms with Crippen molar-refractivity contribution in [3.63, 3.8) is 0 Å². The molecule has 0 bridgehead atoms. The number of hydrogen-bond acceptors (Lipinski definition) is 1. The third kappa shape index (κ3) is 2.70. The molecular formula is C12H10F6O. The lowest BCUT2D eigenvalue weighted by Gasteiger charge is -2.44. The van der Waals surface area contributed by atoms with E-state index in [2.05, 4.69) is 0 Å². The van der Waals surface area contributed by atoms with E-state index in [4.69, 9.17) is 0 Å². The van der Waals surface area contributed by atoms with Crippen molar-refractivity contribution in [2.24, 2.45) is 5.92 Å². The van der Waals surface area contributed by atoms with E-state index in [1.807, 2.05) is 0 Å². The summed E-state index contributed by atoms with van der Waals surface area (Å²) in [7, 11) is 0. The highest BCUT2D eigenvalue weighted by Crippen LogP contribution is 2.52. The summed E-state index contributed by atoms with van der Waals surface area (Å²) < 4.78 is 73.9. The van der Waals surface area contributed by atoms with Crippen LogP contribution in [0.3, 0.4) is 0 Å². The number of hydrogen-bond donors (Lipinski definition) is 1. The molecule has 0 aromatic heterocycles. The molecule has 19 heavy (non-hydrogen) atoms. The molecule has 2 rings (SSSR count). The molecule has 0 heterocycles. The number of alkyl halides is 6.